The number of fused-ring (bicyclic) bond motifs is 1. The van der Waals surface area contributed by atoms with Gasteiger partial charge in [-0.25, -0.2) is 9.55 Å². The van der Waals surface area contributed by atoms with Crippen molar-refractivity contribution in [3.05, 3.63) is 30.6 Å². The molecule has 0 atom stereocenters. The number of para-hydroxylation sites is 2. The van der Waals surface area contributed by atoms with Crippen molar-refractivity contribution < 1.29 is 4.57 Å². The van der Waals surface area contributed by atoms with Gasteiger partial charge in [-0.15, -0.1) is 0 Å². The maximum atomic E-state index is 3.26. The summed E-state index contributed by atoms with van der Waals surface area (Å²) in [5, 5.41) is 0. The number of aromatic nitrogens is 2. The van der Waals surface area contributed by atoms with E-state index in [4.69, 9.17) is 0 Å². The Morgan fingerprint density at radius 1 is 1.15 bits per heavy atom. The predicted molar refractivity (Wildman–Crippen MR) is 53.5 cm³/mol. The van der Waals surface area contributed by atoms with Gasteiger partial charge in [0.1, 0.15) is 5.54 Å². The van der Waals surface area contributed by atoms with Crippen molar-refractivity contribution in [3.8, 4) is 0 Å². The molecule has 2 heteroatoms. The predicted octanol–water partition coefficient (Wildman–Crippen LogP) is 2.21. The molecule has 0 fully saturated rings. The van der Waals surface area contributed by atoms with Gasteiger partial charge in [-0.1, -0.05) is 12.1 Å². The monoisotopic (exact) mass is 175 g/mol. The van der Waals surface area contributed by atoms with Crippen LogP contribution in [0.5, 0.6) is 0 Å². The number of hydrogen-bond acceptors (Lipinski definition) is 0. The number of hydrogen-bond donors (Lipinski definition) is 1. The van der Waals surface area contributed by atoms with Crippen LogP contribution in [-0.2, 0) is 5.54 Å². The molecule has 0 aliphatic heterocycles. The number of benzene rings is 1. The standard InChI is InChI=1S/C11H14N2/c1-11(2,3)13-8-12-9-6-4-5-7-10(9)13/h4-8H,1-3H3/p+1. The summed E-state index contributed by atoms with van der Waals surface area (Å²) in [6.45, 7) is 6.60. The molecule has 0 amide bonds. The number of aromatic amines is 1. The maximum absolute atomic E-state index is 3.26. The largest absolute Gasteiger partial charge is 0.243 e. The topological polar surface area (TPSA) is 19.7 Å². The van der Waals surface area contributed by atoms with E-state index in [1.165, 1.54) is 11.0 Å². The van der Waals surface area contributed by atoms with Crippen molar-refractivity contribution in [2.45, 2.75) is 26.3 Å². The van der Waals surface area contributed by atoms with Crippen molar-refractivity contribution in [1.82, 2.24) is 4.98 Å². The molecule has 0 saturated carbocycles. The van der Waals surface area contributed by atoms with E-state index < -0.39 is 0 Å². The Morgan fingerprint density at radius 2 is 1.85 bits per heavy atom. The van der Waals surface area contributed by atoms with Crippen LogP contribution in [0.1, 0.15) is 20.8 Å². The Balaban J connectivity index is 2.72. The van der Waals surface area contributed by atoms with Crippen molar-refractivity contribution >= 4 is 11.0 Å². The molecule has 0 spiro atoms. The van der Waals surface area contributed by atoms with Crippen LogP contribution in [0.4, 0.5) is 0 Å². The summed E-state index contributed by atoms with van der Waals surface area (Å²) in [6, 6.07) is 8.35. The molecule has 2 rings (SSSR count). The zero-order valence-corrected chi connectivity index (χ0v) is 8.33. The fourth-order valence-electron chi connectivity index (χ4n) is 1.56. The first-order chi connectivity index (χ1) is 6.09. The van der Waals surface area contributed by atoms with Gasteiger partial charge >= 0.3 is 0 Å². The Bertz CT molecular complexity index is 421. The highest BCUT2D eigenvalue weighted by molar-refractivity contribution is 5.70. The first kappa shape index (κ1) is 8.30. The van der Waals surface area contributed by atoms with E-state index in [0.29, 0.717) is 0 Å². The molecule has 1 aromatic heterocycles. The van der Waals surface area contributed by atoms with Gasteiger partial charge in [-0.3, -0.25) is 0 Å². The van der Waals surface area contributed by atoms with Gasteiger partial charge in [0, 0.05) is 0 Å². The third-order valence-corrected chi connectivity index (χ3v) is 2.24. The Labute approximate surface area is 78.2 Å². The third kappa shape index (κ3) is 1.32. The second-order valence-corrected chi connectivity index (χ2v) is 4.33. The maximum Gasteiger partial charge on any atom is 0.242 e. The highest BCUT2D eigenvalue weighted by Gasteiger charge is 2.21. The molecule has 2 aromatic rings. The number of rotatable bonds is 0. The summed E-state index contributed by atoms with van der Waals surface area (Å²) < 4.78 is 2.25. The van der Waals surface area contributed by atoms with Crippen LogP contribution in [-0.4, -0.2) is 4.98 Å². The molecule has 0 saturated heterocycles. The number of H-pyrrole nitrogens is 1. The molecule has 1 aromatic carbocycles. The van der Waals surface area contributed by atoms with Crippen LogP contribution >= 0.6 is 0 Å². The molecule has 0 radical (unpaired) electrons. The van der Waals surface area contributed by atoms with Crippen LogP contribution in [0.3, 0.4) is 0 Å². The lowest BCUT2D eigenvalue weighted by atomic mass is 10.1. The number of nitrogens with one attached hydrogen (secondary N) is 1. The van der Waals surface area contributed by atoms with Gasteiger partial charge in [-0.2, -0.15) is 0 Å². The van der Waals surface area contributed by atoms with Crippen LogP contribution in [0.25, 0.3) is 11.0 Å². The Morgan fingerprint density at radius 3 is 2.54 bits per heavy atom. The van der Waals surface area contributed by atoms with Crippen molar-refractivity contribution in [2.75, 3.05) is 0 Å². The molecule has 13 heavy (non-hydrogen) atoms. The van der Waals surface area contributed by atoms with Crippen LogP contribution in [0, 0.1) is 0 Å². The Kier molecular flexibility index (Phi) is 1.65. The molecular weight excluding hydrogens is 160 g/mol. The molecule has 1 heterocycles. The molecular formula is C11H15N2+. The van der Waals surface area contributed by atoms with Crippen LogP contribution in [0.15, 0.2) is 30.6 Å². The first-order valence-electron chi connectivity index (χ1n) is 4.57. The highest BCUT2D eigenvalue weighted by atomic mass is 15.1. The Hall–Kier alpha value is -1.31. The molecule has 0 aliphatic rings. The third-order valence-electron chi connectivity index (χ3n) is 2.24. The van der Waals surface area contributed by atoms with E-state index >= 15 is 0 Å². The summed E-state index contributed by atoms with van der Waals surface area (Å²) in [4.78, 5) is 3.26. The van der Waals surface area contributed by atoms with E-state index in [1.807, 2.05) is 12.4 Å². The molecule has 1 N–H and O–H groups in total. The van der Waals surface area contributed by atoms with E-state index in [0.717, 1.165) is 0 Å². The van der Waals surface area contributed by atoms with Gasteiger partial charge in [0.2, 0.25) is 6.33 Å². The molecule has 2 nitrogen and oxygen atoms in total. The van der Waals surface area contributed by atoms with Gasteiger partial charge in [0.05, 0.1) is 0 Å². The fraction of sp³-hybridized carbons (Fsp3) is 0.364. The lowest BCUT2D eigenvalue weighted by Gasteiger charge is -2.14. The van der Waals surface area contributed by atoms with Gasteiger partial charge < -0.3 is 0 Å². The fourth-order valence-corrected chi connectivity index (χ4v) is 1.56. The smallest absolute Gasteiger partial charge is 0.242 e. The summed E-state index contributed by atoms with van der Waals surface area (Å²) >= 11 is 0. The minimum Gasteiger partial charge on any atom is -0.243 e. The van der Waals surface area contributed by atoms with Crippen LogP contribution < -0.4 is 4.57 Å². The zero-order valence-electron chi connectivity index (χ0n) is 8.33. The van der Waals surface area contributed by atoms with Crippen molar-refractivity contribution in [3.63, 3.8) is 0 Å². The zero-order chi connectivity index (χ0) is 9.47. The van der Waals surface area contributed by atoms with E-state index in [-0.39, 0.29) is 5.54 Å². The minimum atomic E-state index is 0.138. The molecule has 0 unspecified atom stereocenters. The summed E-state index contributed by atoms with van der Waals surface area (Å²) in [6.07, 6.45) is 2.03. The second kappa shape index (κ2) is 2.59. The molecule has 0 bridgehead atoms. The lowest BCUT2D eigenvalue weighted by Crippen LogP contribution is -2.48. The van der Waals surface area contributed by atoms with Crippen LogP contribution in [0.2, 0.25) is 0 Å². The van der Waals surface area contributed by atoms with E-state index in [9.17, 15) is 0 Å². The summed E-state index contributed by atoms with van der Waals surface area (Å²) in [5.74, 6) is 0. The summed E-state index contributed by atoms with van der Waals surface area (Å²) in [7, 11) is 0. The van der Waals surface area contributed by atoms with Crippen molar-refractivity contribution in [1.29, 1.82) is 0 Å². The average Bonchev–Trinajstić information content (AvgIpc) is 2.45. The average molecular weight is 175 g/mol. The number of imidazole rings is 1. The van der Waals surface area contributed by atoms with Gasteiger partial charge in [0.15, 0.2) is 11.0 Å². The number of nitrogens with zero attached hydrogens (tertiary/aromatic N) is 1. The minimum absolute atomic E-state index is 0.138. The lowest BCUT2D eigenvalue weighted by molar-refractivity contribution is -0.730. The van der Waals surface area contributed by atoms with E-state index in [1.54, 1.807) is 0 Å². The first-order valence-corrected chi connectivity index (χ1v) is 4.57. The molecule has 68 valence electrons. The normalized spacial score (nSPS) is 12.2. The van der Waals surface area contributed by atoms with E-state index in [2.05, 4.69) is 48.5 Å². The highest BCUT2D eigenvalue weighted by Crippen LogP contribution is 2.11. The van der Waals surface area contributed by atoms with Crippen molar-refractivity contribution in [2.24, 2.45) is 0 Å². The molecule has 0 aliphatic carbocycles. The summed E-state index contributed by atoms with van der Waals surface area (Å²) in [5.41, 5.74) is 2.59. The SMILES string of the molecule is CC(C)(C)[n+]1c[nH]c2ccccc21. The van der Waals surface area contributed by atoms with Gasteiger partial charge in [0.25, 0.3) is 0 Å². The quantitative estimate of drug-likeness (QED) is 0.592. The van der Waals surface area contributed by atoms with Gasteiger partial charge in [-0.05, 0) is 32.9 Å². The second-order valence-electron chi connectivity index (χ2n) is 4.33.